The molecule has 3 aromatic rings. The van der Waals surface area contributed by atoms with Crippen molar-refractivity contribution in [2.45, 2.75) is 33.7 Å². The fourth-order valence-corrected chi connectivity index (χ4v) is 3.37. The van der Waals surface area contributed by atoms with Crippen LogP contribution in [-0.4, -0.2) is 35.7 Å². The Bertz CT molecular complexity index is 1090. The summed E-state index contributed by atoms with van der Waals surface area (Å²) < 4.78 is 7.75. The lowest BCUT2D eigenvalue weighted by Crippen LogP contribution is -2.37. The van der Waals surface area contributed by atoms with Gasteiger partial charge in [0, 0.05) is 28.7 Å². The summed E-state index contributed by atoms with van der Waals surface area (Å²) in [5.74, 6) is -0.0988. The smallest absolute Gasteiger partial charge is 0.259 e. The fourth-order valence-electron chi connectivity index (χ4n) is 3.37. The second kappa shape index (κ2) is 9.93. The van der Waals surface area contributed by atoms with Gasteiger partial charge >= 0.3 is 0 Å². The van der Waals surface area contributed by atoms with Crippen molar-refractivity contribution in [3.63, 3.8) is 0 Å². The number of rotatable bonds is 8. The van der Waals surface area contributed by atoms with Gasteiger partial charge in [-0.05, 0) is 44.9 Å². The van der Waals surface area contributed by atoms with Crippen molar-refractivity contribution in [3.05, 3.63) is 65.4 Å². The number of carbonyl (C=O) groups excluding carboxylic acids is 2. The van der Waals surface area contributed by atoms with E-state index >= 15 is 0 Å². The van der Waals surface area contributed by atoms with Gasteiger partial charge in [-0.15, -0.1) is 0 Å². The quantitative estimate of drug-likeness (QED) is 0.432. The first kappa shape index (κ1) is 22.1. The molecule has 0 unspecified atom stereocenters. The molecule has 2 aromatic carbocycles. The second-order valence-electron chi connectivity index (χ2n) is 7.68. The zero-order valence-electron chi connectivity index (χ0n) is 18.3. The van der Waals surface area contributed by atoms with E-state index in [1.807, 2.05) is 56.4 Å². The molecule has 2 N–H and O–H groups in total. The molecule has 0 atom stereocenters. The predicted molar refractivity (Wildman–Crippen MR) is 122 cm³/mol. The third-order valence-corrected chi connectivity index (χ3v) is 4.92. The first-order valence-electron chi connectivity index (χ1n) is 10.2. The SMILES string of the molecule is Cc1cccc(C)c1OCC(=O)NCC(=O)N/N=C\c1cn(C(C)C)c2ccccc12. The van der Waals surface area contributed by atoms with Crippen LogP contribution >= 0.6 is 0 Å². The van der Waals surface area contributed by atoms with Crippen LogP contribution in [0.5, 0.6) is 5.75 Å². The third kappa shape index (κ3) is 5.51. The molecule has 1 aromatic heterocycles. The zero-order chi connectivity index (χ0) is 22.4. The zero-order valence-corrected chi connectivity index (χ0v) is 18.3. The number of aromatic nitrogens is 1. The van der Waals surface area contributed by atoms with Crippen molar-refractivity contribution in [2.24, 2.45) is 5.10 Å². The molecule has 0 saturated carbocycles. The number of hydrazone groups is 1. The Morgan fingerprint density at radius 2 is 1.77 bits per heavy atom. The average molecular weight is 421 g/mol. The van der Waals surface area contributed by atoms with Crippen LogP contribution in [0.1, 0.15) is 36.6 Å². The molecule has 0 radical (unpaired) electrons. The molecule has 0 spiro atoms. The molecule has 0 saturated heterocycles. The lowest BCUT2D eigenvalue weighted by Gasteiger charge is -2.11. The maximum Gasteiger partial charge on any atom is 0.259 e. The van der Waals surface area contributed by atoms with Crippen LogP contribution < -0.4 is 15.5 Å². The largest absolute Gasteiger partial charge is 0.483 e. The topological polar surface area (TPSA) is 84.7 Å². The minimum absolute atomic E-state index is 0.156. The van der Waals surface area contributed by atoms with E-state index in [1.165, 1.54) is 0 Å². The van der Waals surface area contributed by atoms with E-state index in [1.54, 1.807) is 6.21 Å². The average Bonchev–Trinajstić information content (AvgIpc) is 3.11. The number of fused-ring (bicyclic) bond motifs is 1. The molecule has 31 heavy (non-hydrogen) atoms. The summed E-state index contributed by atoms with van der Waals surface area (Å²) in [7, 11) is 0. The minimum Gasteiger partial charge on any atom is -0.483 e. The number of carbonyl (C=O) groups is 2. The van der Waals surface area contributed by atoms with Crippen LogP contribution in [0.2, 0.25) is 0 Å². The van der Waals surface area contributed by atoms with Gasteiger partial charge in [-0.25, -0.2) is 5.43 Å². The summed E-state index contributed by atoms with van der Waals surface area (Å²) in [6.45, 7) is 7.73. The normalized spacial score (nSPS) is 11.3. The van der Waals surface area contributed by atoms with E-state index in [9.17, 15) is 9.59 Å². The molecule has 7 nitrogen and oxygen atoms in total. The Kier molecular flexibility index (Phi) is 7.07. The van der Waals surface area contributed by atoms with Gasteiger partial charge in [0.1, 0.15) is 5.75 Å². The van der Waals surface area contributed by atoms with E-state index in [4.69, 9.17) is 4.74 Å². The molecule has 0 bridgehead atoms. The number of aryl methyl sites for hydroxylation is 2. The predicted octanol–water partition coefficient (Wildman–Crippen LogP) is 3.48. The molecule has 2 amide bonds. The number of hydrogen-bond donors (Lipinski definition) is 2. The van der Waals surface area contributed by atoms with Crippen LogP contribution in [0.25, 0.3) is 10.9 Å². The minimum atomic E-state index is -0.413. The van der Waals surface area contributed by atoms with Gasteiger partial charge in [0.2, 0.25) is 0 Å². The number of ether oxygens (including phenoxy) is 1. The molecule has 1 heterocycles. The summed E-state index contributed by atoms with van der Waals surface area (Å²) in [5, 5.41) is 7.63. The lowest BCUT2D eigenvalue weighted by molar-refractivity contribution is -0.127. The summed E-state index contributed by atoms with van der Waals surface area (Å²) in [5.41, 5.74) is 6.39. The van der Waals surface area contributed by atoms with E-state index in [0.717, 1.165) is 27.6 Å². The molecule has 0 aliphatic heterocycles. The number of para-hydroxylation sites is 2. The highest BCUT2D eigenvalue weighted by Crippen LogP contribution is 2.23. The Balaban J connectivity index is 1.50. The number of hydrogen-bond acceptors (Lipinski definition) is 4. The first-order valence-corrected chi connectivity index (χ1v) is 10.2. The van der Waals surface area contributed by atoms with Gasteiger partial charge in [-0.1, -0.05) is 36.4 Å². The van der Waals surface area contributed by atoms with E-state index in [0.29, 0.717) is 11.8 Å². The Morgan fingerprint density at radius 1 is 1.06 bits per heavy atom. The molecule has 0 aliphatic rings. The van der Waals surface area contributed by atoms with E-state index < -0.39 is 5.91 Å². The molecule has 0 aliphatic carbocycles. The van der Waals surface area contributed by atoms with Crippen molar-refractivity contribution in [1.82, 2.24) is 15.3 Å². The highest BCUT2D eigenvalue weighted by Gasteiger charge is 2.10. The summed E-state index contributed by atoms with van der Waals surface area (Å²) in [6.07, 6.45) is 3.63. The van der Waals surface area contributed by atoms with Crippen molar-refractivity contribution in [2.75, 3.05) is 13.2 Å². The maximum absolute atomic E-state index is 12.0. The molecule has 3 rings (SSSR count). The fraction of sp³-hybridized carbons (Fsp3) is 0.292. The summed E-state index contributed by atoms with van der Waals surface area (Å²) in [6, 6.07) is 14.1. The van der Waals surface area contributed by atoms with Gasteiger partial charge < -0.3 is 14.6 Å². The van der Waals surface area contributed by atoms with Gasteiger partial charge in [0.05, 0.1) is 12.8 Å². The monoisotopic (exact) mass is 420 g/mol. The van der Waals surface area contributed by atoms with Crippen LogP contribution in [-0.2, 0) is 9.59 Å². The molecule has 162 valence electrons. The lowest BCUT2D eigenvalue weighted by atomic mass is 10.1. The van der Waals surface area contributed by atoms with Crippen LogP contribution in [0, 0.1) is 13.8 Å². The van der Waals surface area contributed by atoms with Gasteiger partial charge in [0.15, 0.2) is 6.61 Å². The number of benzene rings is 2. The Morgan fingerprint density at radius 3 is 2.48 bits per heavy atom. The van der Waals surface area contributed by atoms with Crippen LogP contribution in [0.4, 0.5) is 0 Å². The molecule has 0 fully saturated rings. The highest BCUT2D eigenvalue weighted by molar-refractivity contribution is 5.99. The Labute approximate surface area is 182 Å². The van der Waals surface area contributed by atoms with Gasteiger partial charge in [0.25, 0.3) is 11.8 Å². The van der Waals surface area contributed by atoms with E-state index in [-0.39, 0.29) is 19.1 Å². The molecular formula is C24H28N4O3. The highest BCUT2D eigenvalue weighted by atomic mass is 16.5. The number of amides is 2. The first-order chi connectivity index (χ1) is 14.9. The van der Waals surface area contributed by atoms with E-state index in [2.05, 4.69) is 40.3 Å². The van der Waals surface area contributed by atoms with Gasteiger partial charge in [-0.2, -0.15) is 5.10 Å². The number of nitrogens with zero attached hydrogens (tertiary/aromatic N) is 2. The van der Waals surface area contributed by atoms with Crippen molar-refractivity contribution >= 4 is 28.9 Å². The van der Waals surface area contributed by atoms with Crippen molar-refractivity contribution in [1.29, 1.82) is 0 Å². The van der Waals surface area contributed by atoms with Gasteiger partial charge in [-0.3, -0.25) is 9.59 Å². The van der Waals surface area contributed by atoms with Crippen LogP contribution in [0.3, 0.4) is 0 Å². The molecular weight excluding hydrogens is 392 g/mol. The third-order valence-electron chi connectivity index (χ3n) is 4.92. The number of nitrogens with one attached hydrogen (secondary N) is 2. The van der Waals surface area contributed by atoms with Crippen molar-refractivity contribution in [3.8, 4) is 5.75 Å². The Hall–Kier alpha value is -3.61. The standard InChI is InChI=1S/C24H28N4O3/c1-16(2)28-14-19(20-10-5-6-11-21(20)28)12-26-27-22(29)13-25-23(30)15-31-24-17(3)8-7-9-18(24)4/h5-12,14,16H,13,15H2,1-4H3,(H,25,30)(H,27,29)/b26-12-. The van der Waals surface area contributed by atoms with Crippen molar-refractivity contribution < 1.29 is 14.3 Å². The summed E-state index contributed by atoms with van der Waals surface area (Å²) in [4.78, 5) is 24.0. The van der Waals surface area contributed by atoms with Crippen LogP contribution in [0.15, 0.2) is 53.8 Å². The maximum atomic E-state index is 12.0. The summed E-state index contributed by atoms with van der Waals surface area (Å²) >= 11 is 0. The second-order valence-corrected chi connectivity index (χ2v) is 7.68. The molecule has 7 heteroatoms.